The molecule has 6 heteroatoms. The molecule has 1 aliphatic heterocycles. The first-order valence-corrected chi connectivity index (χ1v) is 6.90. The van der Waals surface area contributed by atoms with Gasteiger partial charge in [0.2, 0.25) is 0 Å². The van der Waals surface area contributed by atoms with Gasteiger partial charge in [0.15, 0.2) is 11.1 Å². The predicted molar refractivity (Wildman–Crippen MR) is 71.2 cm³/mol. The Balaban J connectivity index is 2.22. The molecule has 0 spiro atoms. The Morgan fingerprint density at radius 1 is 1.06 bits per heavy atom. The van der Waals surface area contributed by atoms with Crippen LogP contribution in [0.4, 0.5) is 0 Å². The summed E-state index contributed by atoms with van der Waals surface area (Å²) in [4.78, 5) is 0.371. The first kappa shape index (κ1) is 13.7. The van der Waals surface area contributed by atoms with Crippen LogP contribution in [0.3, 0.4) is 0 Å². The molecule has 0 aliphatic carbocycles. The number of hydrogen-bond donors (Lipinski definition) is 1. The molecule has 98 valence electrons. The summed E-state index contributed by atoms with van der Waals surface area (Å²) in [5, 5.41) is 0. The van der Waals surface area contributed by atoms with Gasteiger partial charge in [0, 0.05) is 0 Å². The van der Waals surface area contributed by atoms with Gasteiger partial charge in [0.05, 0.1) is 16.1 Å². The van der Waals surface area contributed by atoms with Crippen molar-refractivity contribution in [2.24, 2.45) is 0 Å². The molecule has 0 saturated carbocycles. The summed E-state index contributed by atoms with van der Waals surface area (Å²) in [5.41, 5.74) is 0.0922. The van der Waals surface area contributed by atoms with E-state index in [1.807, 2.05) is 27.7 Å². The molecule has 1 saturated heterocycles. The zero-order chi connectivity index (χ0) is 13.6. The molecular formula is C12H17BO4S. The van der Waals surface area contributed by atoms with Crippen LogP contribution in [-0.4, -0.2) is 27.1 Å². The monoisotopic (exact) mass is 268 g/mol. The summed E-state index contributed by atoms with van der Waals surface area (Å²) in [7, 11) is -0.434. The van der Waals surface area contributed by atoms with E-state index in [1.54, 1.807) is 24.3 Å². The normalized spacial score (nSPS) is 23.1. The maximum atomic E-state index is 10.9. The van der Waals surface area contributed by atoms with E-state index < -0.39 is 18.2 Å². The lowest BCUT2D eigenvalue weighted by molar-refractivity contribution is 0.00578. The molecule has 4 nitrogen and oxygen atoms in total. The lowest BCUT2D eigenvalue weighted by atomic mass is 9.79. The van der Waals surface area contributed by atoms with Gasteiger partial charge in [-0.3, -0.25) is 0 Å². The van der Waals surface area contributed by atoms with E-state index in [-0.39, 0.29) is 11.2 Å². The van der Waals surface area contributed by atoms with Crippen LogP contribution in [0.1, 0.15) is 27.7 Å². The second kappa shape index (κ2) is 4.45. The molecule has 0 radical (unpaired) electrons. The molecular weight excluding hydrogens is 251 g/mol. The Morgan fingerprint density at radius 3 is 1.89 bits per heavy atom. The van der Waals surface area contributed by atoms with Crippen LogP contribution in [-0.2, 0) is 20.4 Å². The van der Waals surface area contributed by atoms with Gasteiger partial charge in [-0.25, -0.2) is 4.21 Å². The third kappa shape index (κ3) is 2.38. The fourth-order valence-electron chi connectivity index (χ4n) is 1.72. The van der Waals surface area contributed by atoms with Crippen molar-refractivity contribution in [2.75, 3.05) is 0 Å². The minimum absolute atomic E-state index is 0.371. The number of hydrogen-bond acceptors (Lipinski definition) is 3. The van der Waals surface area contributed by atoms with E-state index in [2.05, 4.69) is 0 Å². The van der Waals surface area contributed by atoms with Crippen LogP contribution in [0.25, 0.3) is 0 Å². The smallest absolute Gasteiger partial charge is 0.399 e. The van der Waals surface area contributed by atoms with Gasteiger partial charge in [-0.1, -0.05) is 12.1 Å². The molecule has 0 aromatic heterocycles. The van der Waals surface area contributed by atoms with Gasteiger partial charge in [-0.15, -0.1) is 0 Å². The van der Waals surface area contributed by atoms with E-state index in [9.17, 15) is 4.21 Å². The molecule has 1 atom stereocenters. The highest BCUT2D eigenvalue weighted by molar-refractivity contribution is 7.79. The molecule has 1 fully saturated rings. The first-order valence-electron chi connectivity index (χ1n) is 5.79. The summed E-state index contributed by atoms with van der Waals surface area (Å²) in [6, 6.07) is 6.73. The summed E-state index contributed by atoms with van der Waals surface area (Å²) in [6.45, 7) is 7.96. The summed E-state index contributed by atoms with van der Waals surface area (Å²) < 4.78 is 31.6. The van der Waals surface area contributed by atoms with Crippen LogP contribution in [0.5, 0.6) is 0 Å². The maximum Gasteiger partial charge on any atom is 0.494 e. The zero-order valence-electron chi connectivity index (χ0n) is 11.0. The summed E-state index contributed by atoms with van der Waals surface area (Å²) in [6.07, 6.45) is 0. The largest absolute Gasteiger partial charge is 0.494 e. The quantitative estimate of drug-likeness (QED) is 0.653. The molecule has 0 bridgehead atoms. The Kier molecular flexibility index (Phi) is 3.40. The van der Waals surface area contributed by atoms with Gasteiger partial charge in [-0.2, -0.15) is 0 Å². The molecule has 1 aliphatic rings. The molecule has 18 heavy (non-hydrogen) atoms. The van der Waals surface area contributed by atoms with Gasteiger partial charge in [0.1, 0.15) is 0 Å². The molecule has 1 aromatic carbocycles. The molecule has 1 N–H and O–H groups in total. The fourth-order valence-corrected chi connectivity index (χ4v) is 2.09. The van der Waals surface area contributed by atoms with Crippen molar-refractivity contribution in [1.82, 2.24) is 0 Å². The zero-order valence-corrected chi connectivity index (χ0v) is 11.8. The molecule has 0 amide bonds. The third-order valence-corrected chi connectivity index (χ3v) is 4.28. The van der Waals surface area contributed by atoms with E-state index in [1.165, 1.54) is 0 Å². The van der Waals surface area contributed by atoms with Crippen molar-refractivity contribution in [2.45, 2.75) is 43.8 Å². The van der Waals surface area contributed by atoms with Gasteiger partial charge >= 0.3 is 7.12 Å². The van der Waals surface area contributed by atoms with Crippen LogP contribution in [0, 0.1) is 0 Å². The maximum absolute atomic E-state index is 10.9. The number of benzene rings is 1. The lowest BCUT2D eigenvalue weighted by Gasteiger charge is -2.32. The highest BCUT2D eigenvalue weighted by Crippen LogP contribution is 2.36. The van der Waals surface area contributed by atoms with Crippen LogP contribution in [0.2, 0.25) is 0 Å². The third-order valence-electron chi connectivity index (χ3n) is 3.61. The Labute approximate surface area is 110 Å². The van der Waals surface area contributed by atoms with Crippen molar-refractivity contribution in [1.29, 1.82) is 0 Å². The molecule has 1 aromatic rings. The second-order valence-electron chi connectivity index (χ2n) is 5.41. The minimum atomic E-state index is -1.95. The van der Waals surface area contributed by atoms with Crippen molar-refractivity contribution < 1.29 is 18.1 Å². The van der Waals surface area contributed by atoms with Crippen LogP contribution < -0.4 is 5.46 Å². The van der Waals surface area contributed by atoms with E-state index in [0.717, 1.165) is 5.46 Å². The highest BCUT2D eigenvalue weighted by atomic mass is 32.2. The van der Waals surface area contributed by atoms with E-state index in [4.69, 9.17) is 13.9 Å². The molecule has 2 rings (SSSR count). The van der Waals surface area contributed by atoms with Gasteiger partial charge in [-0.05, 0) is 45.3 Å². The Morgan fingerprint density at radius 2 is 1.50 bits per heavy atom. The Hall–Kier alpha value is -0.685. The van der Waals surface area contributed by atoms with Crippen molar-refractivity contribution in [3.8, 4) is 0 Å². The standard InChI is InChI=1S/C12H17BO4S/c1-11(2)12(3,4)17-13(16-11)9-5-7-10(8-6-9)18(14)15/h5-8H,1-4H3,(H,14,15). The van der Waals surface area contributed by atoms with E-state index in [0.29, 0.717) is 4.90 Å². The predicted octanol–water partition coefficient (Wildman–Crippen LogP) is 1.57. The summed E-state index contributed by atoms with van der Waals surface area (Å²) in [5.74, 6) is 0. The topological polar surface area (TPSA) is 55.8 Å². The van der Waals surface area contributed by atoms with Crippen molar-refractivity contribution in [3.63, 3.8) is 0 Å². The average molecular weight is 268 g/mol. The van der Waals surface area contributed by atoms with Crippen molar-refractivity contribution >= 4 is 23.7 Å². The molecule has 1 unspecified atom stereocenters. The lowest BCUT2D eigenvalue weighted by Crippen LogP contribution is -2.41. The van der Waals surface area contributed by atoms with Crippen LogP contribution >= 0.6 is 0 Å². The van der Waals surface area contributed by atoms with E-state index >= 15 is 0 Å². The fraction of sp³-hybridized carbons (Fsp3) is 0.500. The summed E-state index contributed by atoms with van der Waals surface area (Å²) >= 11 is -1.95. The van der Waals surface area contributed by atoms with Gasteiger partial charge in [0.25, 0.3) is 0 Å². The molecule has 1 heterocycles. The first-order chi connectivity index (χ1) is 8.23. The number of rotatable bonds is 2. The second-order valence-corrected chi connectivity index (χ2v) is 6.38. The van der Waals surface area contributed by atoms with Crippen LogP contribution in [0.15, 0.2) is 29.2 Å². The minimum Gasteiger partial charge on any atom is -0.399 e. The highest BCUT2D eigenvalue weighted by Gasteiger charge is 2.51. The SMILES string of the molecule is CC1(C)OB(c2ccc(S(=O)O)cc2)OC1(C)C. The van der Waals surface area contributed by atoms with Crippen molar-refractivity contribution in [3.05, 3.63) is 24.3 Å². The Bertz CT molecular complexity index is 453. The average Bonchev–Trinajstić information content (AvgIpc) is 2.48. The van der Waals surface area contributed by atoms with Gasteiger partial charge < -0.3 is 13.9 Å².